The molecule has 15 heteroatoms. The zero-order valence-corrected chi connectivity index (χ0v) is 24.3. The zero-order chi connectivity index (χ0) is 36.2. The molecule has 0 saturated carbocycles. The maximum Gasteiger partial charge on any atom is 0.414 e. The second kappa shape index (κ2) is 14.6. The third-order valence-corrected chi connectivity index (χ3v) is 7.14. The molecule has 0 bridgehead atoms. The summed E-state index contributed by atoms with van der Waals surface area (Å²) in [6, 6.07) is 19.3. The highest BCUT2D eigenvalue weighted by Gasteiger charge is 2.32. The molecule has 2 aliphatic rings. The number of H-pyrrole nitrogens is 2. The summed E-state index contributed by atoms with van der Waals surface area (Å²) < 4.78 is 15.5. The normalized spacial score (nSPS) is 12.0. The SMILES string of the molecule is C.Nc1ccc2c(c1N)C(=O)c1ccccc1C2=O.O=C(O)C(=O)O.O=C1c2ccccc2C(=O)c2c1ccc1[nH]c(=O)c(=O)[nH]c21.[2H]CF. The van der Waals surface area contributed by atoms with Gasteiger partial charge in [0.2, 0.25) is 0 Å². The van der Waals surface area contributed by atoms with Crippen LogP contribution < -0.4 is 22.6 Å². The monoisotopic (exact) mass is 671 g/mol. The van der Waals surface area contributed by atoms with Crippen LogP contribution in [0.1, 0.15) is 72.5 Å². The van der Waals surface area contributed by atoms with Crippen molar-refractivity contribution in [3.05, 3.63) is 138 Å². The molecule has 49 heavy (non-hydrogen) atoms. The molecule has 1 aromatic heterocycles. The lowest BCUT2D eigenvalue weighted by Gasteiger charge is -2.19. The van der Waals surface area contributed by atoms with Crippen LogP contribution in [-0.2, 0) is 9.59 Å². The molecule has 0 aliphatic heterocycles. The first-order valence-corrected chi connectivity index (χ1v) is 13.4. The Balaban J connectivity index is 0.000000218. The van der Waals surface area contributed by atoms with Crippen LogP contribution in [0.5, 0.6) is 0 Å². The number of aliphatic carboxylic acids is 2. The number of nitrogens with two attached hydrogens (primary N) is 2. The Morgan fingerprint density at radius 3 is 1.47 bits per heavy atom. The highest BCUT2D eigenvalue weighted by molar-refractivity contribution is 6.32. The Hall–Kier alpha value is -7.03. The maximum atomic E-state index is 12.7. The van der Waals surface area contributed by atoms with Crippen LogP contribution in [0.25, 0.3) is 11.0 Å². The van der Waals surface area contributed by atoms with Crippen molar-refractivity contribution in [1.82, 2.24) is 9.97 Å². The number of carboxylic acid groups (broad SMARTS) is 2. The largest absolute Gasteiger partial charge is 0.473 e. The van der Waals surface area contributed by atoms with Gasteiger partial charge in [0.1, 0.15) is 0 Å². The average molecular weight is 672 g/mol. The Bertz CT molecular complexity index is 2340. The number of alkyl halides is 1. The average Bonchev–Trinajstić information content (AvgIpc) is 3.08. The van der Waals surface area contributed by atoms with Gasteiger partial charge < -0.3 is 31.6 Å². The van der Waals surface area contributed by atoms with Crippen molar-refractivity contribution < 1.29 is 44.7 Å². The van der Waals surface area contributed by atoms with E-state index in [0.29, 0.717) is 39.0 Å². The fraction of sp³-hybridized carbons (Fsp3) is 0.0588. The van der Waals surface area contributed by atoms with E-state index in [-0.39, 0.29) is 58.5 Å². The predicted molar refractivity (Wildman–Crippen MR) is 176 cm³/mol. The molecule has 8 N–H and O–H groups in total. The number of carbonyl (C=O) groups excluding carboxylic acids is 4. The van der Waals surface area contributed by atoms with E-state index in [0.717, 1.165) is 0 Å². The number of carbonyl (C=O) groups is 6. The van der Waals surface area contributed by atoms with Gasteiger partial charge in [-0.15, -0.1) is 0 Å². The fourth-order valence-electron chi connectivity index (χ4n) is 5.00. The number of anilines is 2. The van der Waals surface area contributed by atoms with E-state index in [2.05, 4.69) is 9.97 Å². The predicted octanol–water partition coefficient (Wildman–Crippen LogP) is 3.00. The van der Waals surface area contributed by atoms with Crippen LogP contribution in [0.4, 0.5) is 15.8 Å². The lowest BCUT2D eigenvalue weighted by molar-refractivity contribution is -0.159. The summed E-state index contributed by atoms with van der Waals surface area (Å²) in [7, 11) is -1.00. The molecule has 2 aliphatic carbocycles. The van der Waals surface area contributed by atoms with Gasteiger partial charge in [0.25, 0.3) is 0 Å². The summed E-state index contributed by atoms with van der Waals surface area (Å²) in [4.78, 5) is 95.8. The van der Waals surface area contributed by atoms with Gasteiger partial charge in [-0.05, 0) is 24.3 Å². The maximum absolute atomic E-state index is 12.7. The molecule has 1 heterocycles. The van der Waals surface area contributed by atoms with Crippen LogP contribution >= 0.6 is 0 Å². The molecule has 250 valence electrons. The molecule has 0 amide bonds. The van der Waals surface area contributed by atoms with Crippen molar-refractivity contribution in [3.63, 3.8) is 0 Å². The van der Waals surface area contributed by atoms with E-state index in [1.165, 1.54) is 12.1 Å². The summed E-state index contributed by atoms with van der Waals surface area (Å²) in [5.41, 5.74) is 13.1. The molecule has 0 spiro atoms. The minimum absolute atomic E-state index is 0. The number of rotatable bonds is 0. The third kappa shape index (κ3) is 6.62. The number of ketones is 4. The van der Waals surface area contributed by atoms with E-state index in [4.69, 9.17) is 32.6 Å². The summed E-state index contributed by atoms with van der Waals surface area (Å²) in [6.07, 6.45) is 0. The number of nitrogens with one attached hydrogen (secondary N) is 2. The minimum atomic E-state index is -1.82. The molecule has 0 saturated heterocycles. The zero-order valence-electron chi connectivity index (χ0n) is 25.3. The van der Waals surface area contributed by atoms with Gasteiger partial charge in [-0.1, -0.05) is 56.0 Å². The standard InChI is InChI=1S/C16H8N2O4.C14H10N2O2.C2H2O4.CH3F.CH4/c19-13-7-3-1-2-4-8(7)14(20)11-9(13)5-6-10-12(11)18-16(22)15(21)17-10;15-10-6-5-9-11(12(10)16)14(18)8-4-2-1-3-7(8)13(9)17;3-1(4)2(5)6;1-2;/h1-6H,(H,17,21)(H,18,22);1-6H,15-16H2;(H,3,4)(H,5,6);1H3;1H4/i;;;1D;. The molecule has 0 fully saturated rings. The Morgan fingerprint density at radius 2 is 1.00 bits per heavy atom. The summed E-state index contributed by atoms with van der Waals surface area (Å²) >= 11 is 0. The molecule has 7 rings (SSSR count). The van der Waals surface area contributed by atoms with Crippen molar-refractivity contribution in [2.75, 3.05) is 18.6 Å². The van der Waals surface area contributed by atoms with E-state index in [1.807, 2.05) is 0 Å². The summed E-state index contributed by atoms with van der Waals surface area (Å²) in [5, 5.41) is 14.8. The second-order valence-electron chi connectivity index (χ2n) is 9.83. The van der Waals surface area contributed by atoms with Gasteiger partial charge in [-0.25, -0.2) is 9.59 Å². The molecule has 0 unspecified atom stereocenters. The number of carboxylic acids is 2. The first kappa shape index (κ1) is 34.8. The molecular weight excluding hydrogens is 643 g/mol. The first-order valence-electron chi connectivity index (χ1n) is 14.1. The lowest BCUT2D eigenvalue weighted by atomic mass is 9.83. The van der Waals surface area contributed by atoms with Gasteiger partial charge in [-0.3, -0.25) is 33.2 Å². The number of nitrogen functional groups attached to an aromatic ring is 2. The molecule has 0 atom stereocenters. The Kier molecular flexibility index (Phi) is 10.4. The van der Waals surface area contributed by atoms with Crippen molar-refractivity contribution in [2.24, 2.45) is 0 Å². The van der Waals surface area contributed by atoms with Crippen LogP contribution in [0.3, 0.4) is 0 Å². The Labute approximate surface area is 276 Å². The molecule has 4 aromatic carbocycles. The smallest absolute Gasteiger partial charge is 0.414 e. The number of aromatic nitrogens is 2. The van der Waals surface area contributed by atoms with Gasteiger partial charge in [0.05, 0.1) is 42.1 Å². The van der Waals surface area contributed by atoms with E-state index in [1.54, 1.807) is 60.7 Å². The molecule has 5 aromatic rings. The molecule has 14 nitrogen and oxygen atoms in total. The number of benzene rings is 4. The van der Waals surface area contributed by atoms with Crippen LogP contribution in [0, 0.1) is 0 Å². The van der Waals surface area contributed by atoms with E-state index < -0.39 is 30.2 Å². The van der Waals surface area contributed by atoms with Crippen LogP contribution in [-0.4, -0.2) is 62.4 Å². The number of halogens is 1. The van der Waals surface area contributed by atoms with Crippen molar-refractivity contribution in [1.29, 1.82) is 0 Å². The third-order valence-electron chi connectivity index (χ3n) is 7.14. The van der Waals surface area contributed by atoms with Crippen molar-refractivity contribution >= 4 is 57.5 Å². The highest BCUT2D eigenvalue weighted by Crippen LogP contribution is 2.33. The fourth-order valence-corrected chi connectivity index (χ4v) is 5.00. The van der Waals surface area contributed by atoms with Crippen molar-refractivity contribution in [3.8, 4) is 0 Å². The van der Waals surface area contributed by atoms with E-state index >= 15 is 0 Å². The van der Waals surface area contributed by atoms with Gasteiger partial charge >= 0.3 is 23.1 Å². The minimum Gasteiger partial charge on any atom is -0.473 e. The lowest BCUT2D eigenvalue weighted by Crippen LogP contribution is -2.30. The summed E-state index contributed by atoms with van der Waals surface area (Å²) in [6.45, 7) is 0. The first-order chi connectivity index (χ1) is 23.2. The topological polar surface area (TPSA) is 261 Å². The van der Waals surface area contributed by atoms with Gasteiger partial charge in [0.15, 0.2) is 23.1 Å². The van der Waals surface area contributed by atoms with Crippen LogP contribution in [0.2, 0.25) is 0 Å². The summed E-state index contributed by atoms with van der Waals surface area (Å²) in [5.74, 6) is -4.71. The van der Waals surface area contributed by atoms with Gasteiger partial charge in [-0.2, -0.15) is 0 Å². The number of fused-ring (bicyclic) bond motifs is 6. The van der Waals surface area contributed by atoms with Gasteiger partial charge in [0, 0.05) is 33.4 Å². The number of hydrogen-bond donors (Lipinski definition) is 6. The highest BCUT2D eigenvalue weighted by atomic mass is 19.1. The number of hydrogen-bond acceptors (Lipinski definition) is 10. The number of aromatic amines is 2. The molecular formula is C34H27FN4O10. The quantitative estimate of drug-likeness (QED) is 0.100. The second-order valence-corrected chi connectivity index (χ2v) is 9.83. The Morgan fingerprint density at radius 1 is 0.612 bits per heavy atom. The molecule has 0 radical (unpaired) electrons. The van der Waals surface area contributed by atoms with Crippen LogP contribution in [0.15, 0.2) is 82.4 Å². The van der Waals surface area contributed by atoms with Crippen molar-refractivity contribution in [2.45, 2.75) is 7.43 Å². The van der Waals surface area contributed by atoms with E-state index in [9.17, 15) is 33.2 Å².